The van der Waals surface area contributed by atoms with Gasteiger partial charge in [0.25, 0.3) is 5.91 Å². The number of hydrogen-bond donors (Lipinski definition) is 0. The first-order valence-electron chi connectivity index (χ1n) is 10.0. The first kappa shape index (κ1) is 19.8. The van der Waals surface area contributed by atoms with E-state index in [9.17, 15) is 9.59 Å². The van der Waals surface area contributed by atoms with Gasteiger partial charge in [-0.2, -0.15) is 5.10 Å². The van der Waals surface area contributed by atoms with Crippen LogP contribution in [-0.2, 0) is 9.59 Å². The predicted molar refractivity (Wildman–Crippen MR) is 112 cm³/mol. The minimum Gasteiger partial charge on any atom is -0.463 e. The Morgan fingerprint density at radius 3 is 2.62 bits per heavy atom. The van der Waals surface area contributed by atoms with Crippen LogP contribution in [-0.4, -0.2) is 65.1 Å². The zero-order chi connectivity index (χ0) is 20.4. The predicted octanol–water partition coefficient (Wildman–Crippen LogP) is 2.82. The number of amides is 2. The van der Waals surface area contributed by atoms with Gasteiger partial charge in [-0.1, -0.05) is 19.9 Å². The highest BCUT2D eigenvalue weighted by Crippen LogP contribution is 2.35. The molecule has 1 atom stereocenters. The molecule has 7 nitrogen and oxygen atoms in total. The van der Waals surface area contributed by atoms with Gasteiger partial charge >= 0.3 is 0 Å². The van der Waals surface area contributed by atoms with E-state index in [1.165, 1.54) is 0 Å². The summed E-state index contributed by atoms with van der Waals surface area (Å²) in [4.78, 5) is 30.4. The Bertz CT molecular complexity index is 868. The monoisotopic (exact) mass is 414 g/mol. The summed E-state index contributed by atoms with van der Waals surface area (Å²) in [6.07, 6.45) is 2.27. The van der Waals surface area contributed by atoms with Gasteiger partial charge in [0.2, 0.25) is 5.91 Å². The molecule has 4 heterocycles. The fourth-order valence-corrected chi connectivity index (χ4v) is 4.60. The van der Waals surface area contributed by atoms with Gasteiger partial charge in [-0.15, -0.1) is 11.3 Å². The second-order valence-electron chi connectivity index (χ2n) is 7.75. The third-order valence-electron chi connectivity index (χ3n) is 5.38. The summed E-state index contributed by atoms with van der Waals surface area (Å²) < 4.78 is 5.50. The van der Waals surface area contributed by atoms with Gasteiger partial charge in [0.1, 0.15) is 11.5 Å². The van der Waals surface area contributed by atoms with Crippen LogP contribution in [0.15, 0.2) is 45.4 Å². The number of piperazine rings is 1. The topological polar surface area (TPSA) is 69.4 Å². The third-order valence-corrected chi connectivity index (χ3v) is 6.35. The maximum absolute atomic E-state index is 13.1. The normalized spacial score (nSPS) is 20.4. The van der Waals surface area contributed by atoms with Gasteiger partial charge in [-0.05, 0) is 23.6 Å². The first-order chi connectivity index (χ1) is 14.0. The summed E-state index contributed by atoms with van der Waals surface area (Å²) >= 11 is 1.64. The highest BCUT2D eigenvalue weighted by Gasteiger charge is 2.35. The van der Waals surface area contributed by atoms with E-state index in [-0.39, 0.29) is 23.8 Å². The van der Waals surface area contributed by atoms with Crippen LogP contribution in [0.1, 0.15) is 36.9 Å². The molecule has 0 N–H and O–H groups in total. The summed E-state index contributed by atoms with van der Waals surface area (Å²) in [7, 11) is 0. The number of thiophene rings is 1. The lowest BCUT2D eigenvalue weighted by atomic mass is 10.1. The van der Waals surface area contributed by atoms with Crippen LogP contribution in [0.5, 0.6) is 0 Å². The summed E-state index contributed by atoms with van der Waals surface area (Å²) in [5.74, 6) is 0.880. The molecule has 0 bridgehead atoms. The van der Waals surface area contributed by atoms with Crippen LogP contribution in [0.3, 0.4) is 0 Å². The second kappa shape index (κ2) is 8.51. The highest BCUT2D eigenvalue weighted by atomic mass is 32.1. The molecular formula is C21H26N4O3S. The lowest BCUT2D eigenvalue weighted by molar-refractivity contribution is -0.137. The Hall–Kier alpha value is -2.45. The van der Waals surface area contributed by atoms with E-state index < -0.39 is 0 Å². The largest absolute Gasteiger partial charge is 0.463 e. The van der Waals surface area contributed by atoms with Crippen LogP contribution in [0, 0.1) is 5.92 Å². The summed E-state index contributed by atoms with van der Waals surface area (Å²) in [6.45, 7) is 6.89. The van der Waals surface area contributed by atoms with E-state index in [1.807, 2.05) is 48.4 Å². The van der Waals surface area contributed by atoms with Crippen molar-refractivity contribution in [1.82, 2.24) is 14.8 Å². The van der Waals surface area contributed by atoms with E-state index in [1.54, 1.807) is 22.6 Å². The number of nitrogens with zero attached hydrogens (tertiary/aromatic N) is 4. The van der Waals surface area contributed by atoms with Crippen LogP contribution in [0.2, 0.25) is 0 Å². The van der Waals surface area contributed by atoms with E-state index in [0.29, 0.717) is 44.9 Å². The van der Waals surface area contributed by atoms with Crippen molar-refractivity contribution in [2.24, 2.45) is 11.0 Å². The van der Waals surface area contributed by atoms with Gasteiger partial charge in [0.05, 0.1) is 18.8 Å². The Balaban J connectivity index is 1.43. The molecule has 4 rings (SSSR count). The van der Waals surface area contributed by atoms with Crippen molar-refractivity contribution in [3.05, 3.63) is 46.5 Å². The van der Waals surface area contributed by atoms with Crippen molar-refractivity contribution in [3.8, 4) is 0 Å². The molecule has 1 saturated heterocycles. The zero-order valence-electron chi connectivity index (χ0n) is 16.8. The van der Waals surface area contributed by atoms with E-state index in [2.05, 4.69) is 10.0 Å². The molecule has 0 aromatic carbocycles. The smallest absolute Gasteiger partial charge is 0.257 e. The van der Waals surface area contributed by atoms with Gasteiger partial charge < -0.3 is 9.32 Å². The van der Waals surface area contributed by atoms with Gasteiger partial charge in [-0.25, -0.2) is 5.01 Å². The molecule has 2 aliphatic heterocycles. The van der Waals surface area contributed by atoms with Crippen molar-refractivity contribution in [2.45, 2.75) is 26.3 Å². The summed E-state index contributed by atoms with van der Waals surface area (Å²) in [5.41, 5.74) is 0.800. The fourth-order valence-electron chi connectivity index (χ4n) is 3.79. The van der Waals surface area contributed by atoms with Crippen LogP contribution in [0.4, 0.5) is 0 Å². The van der Waals surface area contributed by atoms with Crippen molar-refractivity contribution >= 4 is 28.9 Å². The van der Waals surface area contributed by atoms with Crippen LogP contribution in [0.25, 0.3) is 0 Å². The molecule has 0 saturated carbocycles. The standard InChI is InChI=1S/C21H26N4O3S/c1-15(2)21(27)24-9-7-23(8-10-24)14-20(26)25-17(19-6-4-12-29-19)13-16(22-25)18-5-3-11-28-18/h3-6,11-12,15,17H,7-10,13-14H2,1-2H3. The number of hydrazone groups is 1. The maximum atomic E-state index is 13.1. The average molecular weight is 415 g/mol. The maximum Gasteiger partial charge on any atom is 0.257 e. The molecular weight excluding hydrogens is 388 g/mol. The quantitative estimate of drug-likeness (QED) is 0.754. The molecule has 0 spiro atoms. The molecule has 2 amide bonds. The number of hydrogen-bond acceptors (Lipinski definition) is 6. The molecule has 0 radical (unpaired) electrons. The average Bonchev–Trinajstić information content (AvgIpc) is 3.48. The first-order valence-corrected chi connectivity index (χ1v) is 10.9. The van der Waals surface area contributed by atoms with Crippen molar-refractivity contribution in [1.29, 1.82) is 0 Å². The number of furan rings is 1. The van der Waals surface area contributed by atoms with Crippen molar-refractivity contribution in [2.75, 3.05) is 32.7 Å². The molecule has 0 aliphatic carbocycles. The molecule has 154 valence electrons. The molecule has 2 aromatic rings. The zero-order valence-corrected chi connectivity index (χ0v) is 17.6. The molecule has 1 unspecified atom stereocenters. The van der Waals surface area contributed by atoms with Gasteiger partial charge in [-0.3, -0.25) is 14.5 Å². The minimum atomic E-state index is -0.0913. The van der Waals surface area contributed by atoms with E-state index in [4.69, 9.17) is 4.42 Å². The van der Waals surface area contributed by atoms with E-state index >= 15 is 0 Å². The summed E-state index contributed by atoms with van der Waals surface area (Å²) in [5, 5.41) is 8.26. The molecule has 2 aliphatic rings. The number of carbonyl (C=O) groups is 2. The lowest BCUT2D eigenvalue weighted by Gasteiger charge is -2.35. The lowest BCUT2D eigenvalue weighted by Crippen LogP contribution is -2.52. The van der Waals surface area contributed by atoms with Gasteiger partial charge in [0, 0.05) is 43.4 Å². The van der Waals surface area contributed by atoms with Crippen LogP contribution < -0.4 is 0 Å². The fraction of sp³-hybridized carbons (Fsp3) is 0.476. The molecule has 8 heteroatoms. The second-order valence-corrected chi connectivity index (χ2v) is 8.73. The van der Waals surface area contributed by atoms with Crippen molar-refractivity contribution < 1.29 is 14.0 Å². The minimum absolute atomic E-state index is 0.00805. The van der Waals surface area contributed by atoms with Crippen LogP contribution >= 0.6 is 11.3 Å². The molecule has 29 heavy (non-hydrogen) atoms. The Kier molecular flexibility index (Phi) is 5.82. The number of carbonyl (C=O) groups excluding carboxylic acids is 2. The Morgan fingerprint density at radius 1 is 1.21 bits per heavy atom. The highest BCUT2D eigenvalue weighted by molar-refractivity contribution is 7.10. The summed E-state index contributed by atoms with van der Waals surface area (Å²) in [6, 6.07) is 7.67. The Morgan fingerprint density at radius 2 is 2.00 bits per heavy atom. The van der Waals surface area contributed by atoms with E-state index in [0.717, 1.165) is 10.6 Å². The van der Waals surface area contributed by atoms with Crippen molar-refractivity contribution in [3.63, 3.8) is 0 Å². The SMILES string of the molecule is CC(C)C(=O)N1CCN(CC(=O)N2N=C(c3ccco3)CC2c2cccs2)CC1. The molecule has 2 aromatic heterocycles. The number of rotatable bonds is 5. The third kappa shape index (κ3) is 4.28. The van der Waals surface area contributed by atoms with Gasteiger partial charge in [0.15, 0.2) is 0 Å². The Labute approximate surface area is 174 Å². The molecule has 1 fully saturated rings.